The van der Waals surface area contributed by atoms with Crippen LogP contribution in [-0.4, -0.2) is 19.5 Å². The third-order valence-electron chi connectivity index (χ3n) is 2.86. The summed E-state index contributed by atoms with van der Waals surface area (Å²) >= 11 is 0. The molecule has 0 saturated heterocycles. The molecule has 1 N–H and O–H groups in total. The number of allylic oxidation sites excluding steroid dienone is 1. The van der Waals surface area contributed by atoms with Crippen LogP contribution in [0.1, 0.15) is 18.9 Å². The number of carboxylic acids is 1. The molecule has 0 aromatic heterocycles. The molecular weight excluding hydrogens is 259 g/mol. The van der Waals surface area contributed by atoms with E-state index in [-0.39, 0.29) is 11.3 Å². The number of halogens is 1. The number of carbonyl (C=O) groups is 1. The average Bonchev–Trinajstić information content (AvgIpc) is 2.50. The van der Waals surface area contributed by atoms with E-state index in [0.29, 0.717) is 11.1 Å². The zero-order valence-electron chi connectivity index (χ0n) is 9.55. The smallest absolute Gasteiger partial charge is 0.303 e. The van der Waals surface area contributed by atoms with Crippen LogP contribution < -0.4 is 0 Å². The van der Waals surface area contributed by atoms with Crippen LogP contribution in [0.5, 0.6) is 0 Å². The minimum absolute atomic E-state index is 0.0882. The van der Waals surface area contributed by atoms with Crippen LogP contribution in [0, 0.1) is 11.7 Å². The molecule has 1 unspecified atom stereocenters. The predicted molar refractivity (Wildman–Crippen MR) is 63.0 cm³/mol. The topological polar surface area (TPSA) is 71.4 Å². The summed E-state index contributed by atoms with van der Waals surface area (Å²) in [6, 6.07) is 3.50. The summed E-state index contributed by atoms with van der Waals surface area (Å²) in [7, 11) is -3.65. The van der Waals surface area contributed by atoms with Crippen LogP contribution in [0.4, 0.5) is 4.39 Å². The summed E-state index contributed by atoms with van der Waals surface area (Å²) in [5.74, 6) is -2.07. The Balaban J connectivity index is 2.51. The number of hydrogen-bond acceptors (Lipinski definition) is 3. The van der Waals surface area contributed by atoms with Crippen molar-refractivity contribution >= 4 is 21.4 Å². The zero-order valence-corrected chi connectivity index (χ0v) is 10.4. The van der Waals surface area contributed by atoms with E-state index in [2.05, 4.69) is 0 Å². The molecular formula is C12H11FO4S. The van der Waals surface area contributed by atoms with Gasteiger partial charge in [0.2, 0.25) is 9.84 Å². The lowest BCUT2D eigenvalue weighted by Crippen LogP contribution is -2.05. The number of benzene rings is 1. The molecule has 0 spiro atoms. The molecule has 1 aliphatic heterocycles. The van der Waals surface area contributed by atoms with Crippen molar-refractivity contribution in [2.45, 2.75) is 18.2 Å². The van der Waals surface area contributed by atoms with Crippen LogP contribution in [0.3, 0.4) is 0 Å². The van der Waals surface area contributed by atoms with Crippen molar-refractivity contribution in [3.05, 3.63) is 35.0 Å². The van der Waals surface area contributed by atoms with Gasteiger partial charge < -0.3 is 5.11 Å². The summed E-state index contributed by atoms with van der Waals surface area (Å²) < 4.78 is 36.7. The molecule has 0 radical (unpaired) electrons. The van der Waals surface area contributed by atoms with Crippen molar-refractivity contribution in [2.24, 2.45) is 5.92 Å². The van der Waals surface area contributed by atoms with E-state index in [1.54, 1.807) is 6.92 Å². The van der Waals surface area contributed by atoms with Crippen LogP contribution >= 0.6 is 0 Å². The van der Waals surface area contributed by atoms with E-state index in [4.69, 9.17) is 5.11 Å². The van der Waals surface area contributed by atoms with Gasteiger partial charge >= 0.3 is 5.97 Å². The number of hydrogen-bond donors (Lipinski definition) is 1. The first-order chi connectivity index (χ1) is 8.31. The van der Waals surface area contributed by atoms with E-state index in [1.165, 1.54) is 12.1 Å². The monoisotopic (exact) mass is 270 g/mol. The number of aliphatic carboxylic acids is 1. The highest BCUT2D eigenvalue weighted by Gasteiger charge is 2.30. The fraction of sp³-hybridized carbons (Fsp3) is 0.250. The van der Waals surface area contributed by atoms with Crippen LogP contribution in [-0.2, 0) is 14.6 Å². The molecule has 0 aliphatic carbocycles. The van der Waals surface area contributed by atoms with Gasteiger partial charge in [-0.25, -0.2) is 12.8 Å². The lowest BCUT2D eigenvalue weighted by atomic mass is 9.93. The molecule has 0 amide bonds. The molecule has 6 heteroatoms. The van der Waals surface area contributed by atoms with Gasteiger partial charge in [-0.2, -0.15) is 0 Å². The van der Waals surface area contributed by atoms with Gasteiger partial charge in [-0.15, -0.1) is 0 Å². The van der Waals surface area contributed by atoms with Crippen molar-refractivity contribution in [3.8, 4) is 0 Å². The maximum Gasteiger partial charge on any atom is 0.303 e. The van der Waals surface area contributed by atoms with Gasteiger partial charge in [0.1, 0.15) is 5.82 Å². The lowest BCUT2D eigenvalue weighted by Gasteiger charge is -2.10. The molecule has 1 aromatic rings. The molecule has 1 aromatic carbocycles. The highest BCUT2D eigenvalue weighted by Crippen LogP contribution is 2.38. The second-order valence-corrected chi connectivity index (χ2v) is 6.02. The zero-order chi connectivity index (χ0) is 13.5. The van der Waals surface area contributed by atoms with Gasteiger partial charge in [-0.1, -0.05) is 13.0 Å². The summed E-state index contributed by atoms with van der Waals surface area (Å²) in [6.45, 7) is 1.63. The van der Waals surface area contributed by atoms with Gasteiger partial charge in [0.15, 0.2) is 0 Å². The Morgan fingerprint density at radius 1 is 1.44 bits per heavy atom. The molecule has 4 nitrogen and oxygen atoms in total. The number of fused-ring (bicyclic) bond motifs is 1. The van der Waals surface area contributed by atoms with E-state index in [1.807, 2.05) is 0 Å². The van der Waals surface area contributed by atoms with Crippen LogP contribution in [0.2, 0.25) is 0 Å². The molecule has 0 saturated carbocycles. The molecule has 1 aliphatic rings. The Morgan fingerprint density at radius 3 is 2.72 bits per heavy atom. The fourth-order valence-electron chi connectivity index (χ4n) is 2.02. The summed E-state index contributed by atoms with van der Waals surface area (Å²) in [4.78, 5) is 10.6. The second-order valence-electron chi connectivity index (χ2n) is 4.26. The number of sulfone groups is 1. The molecule has 0 bridgehead atoms. The Morgan fingerprint density at radius 2 is 2.11 bits per heavy atom. The second kappa shape index (κ2) is 4.20. The number of carboxylic acid groups (broad SMARTS) is 1. The normalized spacial score (nSPS) is 18.0. The maximum absolute atomic E-state index is 13.1. The van der Waals surface area contributed by atoms with E-state index < -0.39 is 27.5 Å². The first-order valence-electron chi connectivity index (χ1n) is 5.29. The Labute approximate surface area is 104 Å². The Bertz CT molecular complexity index is 646. The standard InChI is InChI=1S/C12H11FO4S/c1-7(4-12(14)15)10-6-18(16,17)11-5-8(13)2-3-9(10)11/h2-3,5-7H,4H2,1H3,(H,14,15). The first-order valence-corrected chi connectivity index (χ1v) is 6.84. The van der Waals surface area contributed by atoms with Crippen molar-refractivity contribution in [2.75, 3.05) is 0 Å². The summed E-state index contributed by atoms with van der Waals surface area (Å²) in [5, 5.41) is 9.76. The van der Waals surface area contributed by atoms with Crippen molar-refractivity contribution in [3.63, 3.8) is 0 Å². The number of rotatable bonds is 3. The van der Waals surface area contributed by atoms with E-state index >= 15 is 0 Å². The van der Waals surface area contributed by atoms with Gasteiger partial charge in [-0.05, 0) is 29.2 Å². The van der Waals surface area contributed by atoms with Gasteiger partial charge in [0.25, 0.3) is 0 Å². The predicted octanol–water partition coefficient (Wildman–Crippen LogP) is 2.06. The van der Waals surface area contributed by atoms with Crippen molar-refractivity contribution in [1.29, 1.82) is 0 Å². The highest BCUT2D eigenvalue weighted by molar-refractivity contribution is 7.95. The minimum Gasteiger partial charge on any atom is -0.481 e. The van der Waals surface area contributed by atoms with Crippen LogP contribution in [0.25, 0.3) is 5.57 Å². The Kier molecular flexibility index (Phi) is 2.98. The molecule has 2 rings (SSSR count). The SMILES string of the molecule is CC(CC(=O)O)C1=CS(=O)(=O)c2cc(F)ccc21. The van der Waals surface area contributed by atoms with Gasteiger partial charge in [0, 0.05) is 5.41 Å². The molecule has 1 atom stereocenters. The maximum atomic E-state index is 13.1. The molecule has 18 heavy (non-hydrogen) atoms. The highest BCUT2D eigenvalue weighted by atomic mass is 32.2. The molecule has 1 heterocycles. The summed E-state index contributed by atoms with van der Waals surface area (Å²) in [5.41, 5.74) is 0.817. The largest absolute Gasteiger partial charge is 0.481 e. The van der Waals surface area contributed by atoms with Gasteiger partial charge in [-0.3, -0.25) is 4.79 Å². The quantitative estimate of drug-likeness (QED) is 0.912. The van der Waals surface area contributed by atoms with Crippen molar-refractivity contribution in [1.82, 2.24) is 0 Å². The average molecular weight is 270 g/mol. The van der Waals surface area contributed by atoms with Gasteiger partial charge in [0.05, 0.1) is 11.3 Å². The third-order valence-corrected chi connectivity index (χ3v) is 4.37. The third kappa shape index (κ3) is 2.15. The Hall–Kier alpha value is -1.69. The van der Waals surface area contributed by atoms with E-state index in [0.717, 1.165) is 11.5 Å². The van der Waals surface area contributed by atoms with E-state index in [9.17, 15) is 17.6 Å². The minimum atomic E-state index is -3.65. The summed E-state index contributed by atoms with van der Waals surface area (Å²) in [6.07, 6.45) is -0.168. The fourth-order valence-corrected chi connectivity index (χ4v) is 3.61. The van der Waals surface area contributed by atoms with Crippen molar-refractivity contribution < 1.29 is 22.7 Å². The molecule has 96 valence electrons. The first kappa shape index (κ1) is 12.8. The van der Waals surface area contributed by atoms with Crippen LogP contribution in [0.15, 0.2) is 28.5 Å². The molecule has 0 fully saturated rings. The lowest BCUT2D eigenvalue weighted by molar-refractivity contribution is -0.137.